The van der Waals surface area contributed by atoms with E-state index in [1.807, 2.05) is 7.05 Å². The summed E-state index contributed by atoms with van der Waals surface area (Å²) in [6, 6.07) is 3.22. The van der Waals surface area contributed by atoms with Crippen LogP contribution in [0.3, 0.4) is 0 Å². The van der Waals surface area contributed by atoms with Gasteiger partial charge in [-0.15, -0.1) is 0 Å². The van der Waals surface area contributed by atoms with Crippen molar-refractivity contribution in [2.45, 2.75) is 13.3 Å². The van der Waals surface area contributed by atoms with E-state index >= 15 is 0 Å². The van der Waals surface area contributed by atoms with Gasteiger partial charge in [-0.25, -0.2) is 4.79 Å². The number of carboxylic acids is 1. The Bertz CT molecular complexity index is 869. The molecule has 1 saturated heterocycles. The number of hydrogen-bond donors (Lipinski definition) is 1. The average Bonchev–Trinajstić information content (AvgIpc) is 2.85. The van der Waals surface area contributed by atoms with Gasteiger partial charge in [0.05, 0.1) is 24.1 Å². The predicted molar refractivity (Wildman–Crippen MR) is 99.4 cm³/mol. The lowest BCUT2D eigenvalue weighted by Crippen LogP contribution is -2.48. The number of aliphatic carboxylic acids is 1. The van der Waals surface area contributed by atoms with Gasteiger partial charge >= 0.3 is 12.0 Å². The number of fused-ring (bicyclic) bond motifs is 1. The Morgan fingerprint density at radius 2 is 1.88 bits per heavy atom. The summed E-state index contributed by atoms with van der Waals surface area (Å²) in [4.78, 5) is 28.4. The van der Waals surface area contributed by atoms with E-state index in [1.54, 1.807) is 28.5 Å². The summed E-state index contributed by atoms with van der Waals surface area (Å²) < 4.78 is 6.83. The second kappa shape index (κ2) is 7.17. The normalized spacial score (nSPS) is 15.5. The highest BCUT2D eigenvalue weighted by molar-refractivity contribution is 6.33. The van der Waals surface area contributed by atoms with Crippen molar-refractivity contribution in [3.63, 3.8) is 0 Å². The molecule has 26 heavy (non-hydrogen) atoms. The number of rotatable bonds is 3. The third-order valence-corrected chi connectivity index (χ3v) is 5.20. The zero-order valence-electron chi connectivity index (χ0n) is 15.1. The number of aromatic nitrogens is 1. The molecular formula is C18H22ClN3O4. The second-order valence-electron chi connectivity index (χ2n) is 6.55. The number of methoxy groups -OCH3 is 1. The molecule has 0 aliphatic carbocycles. The molecule has 2 heterocycles. The largest absolute Gasteiger partial charge is 0.495 e. The van der Waals surface area contributed by atoms with Crippen molar-refractivity contribution in [3.8, 4) is 5.75 Å². The molecule has 2 aromatic rings. The van der Waals surface area contributed by atoms with Gasteiger partial charge < -0.3 is 19.6 Å². The first-order chi connectivity index (χ1) is 12.3. The van der Waals surface area contributed by atoms with E-state index in [0.29, 0.717) is 46.0 Å². The molecule has 1 aliphatic heterocycles. The first kappa shape index (κ1) is 18.5. The van der Waals surface area contributed by atoms with E-state index < -0.39 is 5.97 Å². The third kappa shape index (κ3) is 3.24. The molecule has 0 radical (unpaired) electrons. The van der Waals surface area contributed by atoms with Gasteiger partial charge in [0.25, 0.3) is 0 Å². The number of likely N-dealkylation sites (N-methyl/N-ethyl adjacent to an activating group) is 1. The predicted octanol–water partition coefficient (Wildman–Crippen LogP) is 2.45. The quantitative estimate of drug-likeness (QED) is 0.886. The van der Waals surface area contributed by atoms with Crippen molar-refractivity contribution in [1.29, 1.82) is 0 Å². The van der Waals surface area contributed by atoms with Crippen LogP contribution in [0.25, 0.3) is 10.9 Å². The first-order valence-electron chi connectivity index (χ1n) is 8.40. The molecular weight excluding hydrogens is 358 g/mol. The van der Waals surface area contributed by atoms with Crippen molar-refractivity contribution < 1.29 is 19.4 Å². The van der Waals surface area contributed by atoms with E-state index in [2.05, 4.69) is 4.90 Å². The number of nitrogens with zero attached hydrogens (tertiary/aromatic N) is 3. The van der Waals surface area contributed by atoms with E-state index in [9.17, 15) is 14.7 Å². The lowest BCUT2D eigenvalue weighted by Gasteiger charge is -2.32. The van der Waals surface area contributed by atoms with Gasteiger partial charge in [0.1, 0.15) is 5.75 Å². The Hall–Kier alpha value is -2.25. The highest BCUT2D eigenvalue weighted by Crippen LogP contribution is 2.35. The molecule has 0 atom stereocenters. The molecule has 140 valence electrons. The summed E-state index contributed by atoms with van der Waals surface area (Å²) in [6.07, 6.45) is -0.170. The minimum Gasteiger partial charge on any atom is -0.495 e. The number of amides is 1. The van der Waals surface area contributed by atoms with Crippen LogP contribution in [-0.2, 0) is 11.2 Å². The van der Waals surface area contributed by atoms with Gasteiger partial charge in [0.2, 0.25) is 0 Å². The number of hydrogen-bond acceptors (Lipinski definition) is 4. The lowest BCUT2D eigenvalue weighted by molar-refractivity contribution is -0.136. The maximum Gasteiger partial charge on any atom is 0.328 e. The Labute approximate surface area is 156 Å². The van der Waals surface area contributed by atoms with Crippen molar-refractivity contribution >= 4 is 34.5 Å². The number of carbonyl (C=O) groups is 2. The summed E-state index contributed by atoms with van der Waals surface area (Å²) in [7, 11) is 3.53. The molecule has 1 aliphatic rings. The van der Waals surface area contributed by atoms with Crippen LogP contribution in [0.4, 0.5) is 4.79 Å². The van der Waals surface area contributed by atoms with Crippen molar-refractivity contribution in [3.05, 3.63) is 28.4 Å². The molecule has 1 aromatic heterocycles. The first-order valence-corrected chi connectivity index (χ1v) is 8.78. The lowest BCUT2D eigenvalue weighted by atomic mass is 10.1. The fourth-order valence-corrected chi connectivity index (χ4v) is 3.63. The van der Waals surface area contributed by atoms with E-state index in [1.165, 1.54) is 7.11 Å². The van der Waals surface area contributed by atoms with Crippen LogP contribution in [0.2, 0.25) is 5.02 Å². The van der Waals surface area contributed by atoms with E-state index in [4.69, 9.17) is 16.3 Å². The number of ether oxygens (including phenoxy) is 1. The molecule has 0 bridgehead atoms. The van der Waals surface area contributed by atoms with Crippen LogP contribution in [0, 0.1) is 6.92 Å². The molecule has 7 nitrogen and oxygen atoms in total. The van der Waals surface area contributed by atoms with Gasteiger partial charge in [0, 0.05) is 37.3 Å². The summed E-state index contributed by atoms with van der Waals surface area (Å²) in [5, 5.41) is 10.3. The van der Waals surface area contributed by atoms with Crippen LogP contribution in [0.15, 0.2) is 12.1 Å². The average molecular weight is 380 g/mol. The number of halogens is 1. The zero-order valence-corrected chi connectivity index (χ0v) is 15.8. The van der Waals surface area contributed by atoms with E-state index in [-0.39, 0.29) is 12.5 Å². The highest BCUT2D eigenvalue weighted by Gasteiger charge is 2.26. The Balaban J connectivity index is 2.14. The Morgan fingerprint density at radius 1 is 1.23 bits per heavy atom. The van der Waals surface area contributed by atoms with Crippen LogP contribution in [-0.4, -0.2) is 71.8 Å². The van der Waals surface area contributed by atoms with E-state index in [0.717, 1.165) is 13.1 Å². The van der Waals surface area contributed by atoms with Crippen LogP contribution >= 0.6 is 11.6 Å². The van der Waals surface area contributed by atoms with Gasteiger partial charge in [-0.3, -0.25) is 9.36 Å². The van der Waals surface area contributed by atoms with Crippen LogP contribution in [0.5, 0.6) is 5.75 Å². The minimum atomic E-state index is -0.951. The molecule has 8 heteroatoms. The Kier molecular flexibility index (Phi) is 5.11. The SMILES string of the molecule is COc1cc2c(CC(=O)O)c(C)n(C(=O)N3CCN(C)CC3)c2cc1Cl. The summed E-state index contributed by atoms with van der Waals surface area (Å²) in [6.45, 7) is 4.65. The molecule has 0 unspecified atom stereocenters. The van der Waals surface area contributed by atoms with Crippen LogP contribution in [0.1, 0.15) is 11.3 Å². The summed E-state index contributed by atoms with van der Waals surface area (Å²) in [5.74, 6) is -0.497. The van der Waals surface area contributed by atoms with Crippen molar-refractivity contribution in [1.82, 2.24) is 14.4 Å². The third-order valence-electron chi connectivity index (χ3n) is 4.90. The standard InChI is InChI=1S/C18H22ClN3O4/c1-11-12(9-17(23)24)13-8-16(26-3)14(19)10-15(13)22(11)18(25)21-6-4-20(2)5-7-21/h8,10H,4-7,9H2,1-3H3,(H,23,24). The zero-order chi connectivity index (χ0) is 19.0. The fourth-order valence-electron chi connectivity index (χ4n) is 3.40. The monoisotopic (exact) mass is 379 g/mol. The number of benzene rings is 1. The molecule has 1 N–H and O–H groups in total. The minimum absolute atomic E-state index is 0.154. The maximum atomic E-state index is 13.2. The topological polar surface area (TPSA) is 75.0 Å². The van der Waals surface area contributed by atoms with Gasteiger partial charge in [-0.1, -0.05) is 11.6 Å². The fraction of sp³-hybridized carbons (Fsp3) is 0.444. The molecule has 1 amide bonds. The highest BCUT2D eigenvalue weighted by atomic mass is 35.5. The molecule has 0 spiro atoms. The van der Waals surface area contributed by atoms with Gasteiger partial charge in [0.15, 0.2) is 0 Å². The second-order valence-corrected chi connectivity index (χ2v) is 6.95. The summed E-state index contributed by atoms with van der Waals surface area (Å²) in [5.41, 5.74) is 1.83. The van der Waals surface area contributed by atoms with Gasteiger partial charge in [-0.2, -0.15) is 0 Å². The van der Waals surface area contributed by atoms with Crippen molar-refractivity contribution in [2.24, 2.45) is 0 Å². The Morgan fingerprint density at radius 3 is 2.46 bits per heavy atom. The summed E-state index contributed by atoms with van der Waals surface area (Å²) >= 11 is 6.27. The number of carboxylic acid groups (broad SMARTS) is 1. The molecule has 1 fully saturated rings. The van der Waals surface area contributed by atoms with Crippen molar-refractivity contribution in [2.75, 3.05) is 40.3 Å². The smallest absolute Gasteiger partial charge is 0.328 e. The number of carbonyl (C=O) groups excluding carboxylic acids is 1. The molecule has 3 rings (SSSR count). The molecule has 1 aromatic carbocycles. The molecule has 0 saturated carbocycles. The number of piperazine rings is 1. The van der Waals surface area contributed by atoms with Gasteiger partial charge in [-0.05, 0) is 31.7 Å². The van der Waals surface area contributed by atoms with Crippen LogP contribution < -0.4 is 4.74 Å². The maximum absolute atomic E-state index is 13.2.